The number of nitrogens with one attached hydrogen (secondary N) is 2. The molecule has 0 spiro atoms. The van der Waals surface area contributed by atoms with Gasteiger partial charge in [0, 0.05) is 32.7 Å². The van der Waals surface area contributed by atoms with Gasteiger partial charge in [0.15, 0.2) is 0 Å². The Morgan fingerprint density at radius 2 is 1.94 bits per heavy atom. The molecule has 0 aromatic heterocycles. The van der Waals surface area contributed by atoms with Crippen LogP contribution in [0.3, 0.4) is 0 Å². The normalized spacial score (nSPS) is 16.7. The molecule has 0 unspecified atom stereocenters. The standard InChI is InChI=1S/C13H27N3OS/c1-18-11-5-3-2-4-6-15-13(17)12-16-9-7-14-8-10-16/h14H,2-12H2,1H3,(H,15,17). The highest BCUT2D eigenvalue weighted by Crippen LogP contribution is 2.03. The largest absolute Gasteiger partial charge is 0.355 e. The average Bonchev–Trinajstić information content (AvgIpc) is 2.39. The smallest absolute Gasteiger partial charge is 0.234 e. The van der Waals surface area contributed by atoms with E-state index in [-0.39, 0.29) is 5.91 Å². The third kappa shape index (κ3) is 7.95. The highest BCUT2D eigenvalue weighted by Gasteiger charge is 2.12. The number of unbranched alkanes of at least 4 members (excludes halogenated alkanes) is 3. The molecule has 5 heteroatoms. The lowest BCUT2D eigenvalue weighted by atomic mass is 10.2. The van der Waals surface area contributed by atoms with Crippen molar-refractivity contribution in [2.45, 2.75) is 25.7 Å². The van der Waals surface area contributed by atoms with E-state index in [1.54, 1.807) is 0 Å². The molecule has 0 atom stereocenters. The van der Waals surface area contributed by atoms with Crippen molar-refractivity contribution in [2.24, 2.45) is 0 Å². The van der Waals surface area contributed by atoms with Crippen LogP contribution in [0.5, 0.6) is 0 Å². The molecule has 1 saturated heterocycles. The molecule has 1 aliphatic heterocycles. The van der Waals surface area contributed by atoms with Crippen LogP contribution in [0.15, 0.2) is 0 Å². The topological polar surface area (TPSA) is 44.4 Å². The van der Waals surface area contributed by atoms with E-state index in [9.17, 15) is 4.79 Å². The molecule has 0 radical (unpaired) electrons. The third-order valence-corrected chi connectivity index (χ3v) is 3.87. The van der Waals surface area contributed by atoms with Crippen LogP contribution in [-0.2, 0) is 4.79 Å². The van der Waals surface area contributed by atoms with E-state index in [2.05, 4.69) is 21.8 Å². The van der Waals surface area contributed by atoms with Crippen molar-refractivity contribution in [1.29, 1.82) is 0 Å². The lowest BCUT2D eigenvalue weighted by Gasteiger charge is -2.26. The molecular weight excluding hydrogens is 246 g/mol. The number of carbonyl (C=O) groups excluding carboxylic acids is 1. The van der Waals surface area contributed by atoms with Crippen LogP contribution in [0.4, 0.5) is 0 Å². The van der Waals surface area contributed by atoms with Gasteiger partial charge in [-0.3, -0.25) is 9.69 Å². The molecule has 106 valence electrons. The Labute approximate surface area is 115 Å². The summed E-state index contributed by atoms with van der Waals surface area (Å²) in [4.78, 5) is 13.9. The minimum Gasteiger partial charge on any atom is -0.355 e. The zero-order chi connectivity index (χ0) is 13.1. The summed E-state index contributed by atoms with van der Waals surface area (Å²) < 4.78 is 0. The molecule has 1 heterocycles. The molecule has 0 saturated carbocycles. The average molecular weight is 273 g/mol. The van der Waals surface area contributed by atoms with E-state index in [1.165, 1.54) is 25.0 Å². The van der Waals surface area contributed by atoms with E-state index < -0.39 is 0 Å². The van der Waals surface area contributed by atoms with Gasteiger partial charge >= 0.3 is 0 Å². The lowest BCUT2D eigenvalue weighted by Crippen LogP contribution is -2.47. The van der Waals surface area contributed by atoms with E-state index >= 15 is 0 Å². The number of amides is 1. The van der Waals surface area contributed by atoms with Crippen LogP contribution in [0.25, 0.3) is 0 Å². The predicted molar refractivity (Wildman–Crippen MR) is 79.2 cm³/mol. The van der Waals surface area contributed by atoms with Gasteiger partial charge in [-0.2, -0.15) is 11.8 Å². The number of rotatable bonds is 9. The number of nitrogens with zero attached hydrogens (tertiary/aromatic N) is 1. The second-order valence-corrected chi connectivity index (χ2v) is 5.77. The van der Waals surface area contributed by atoms with Gasteiger partial charge in [-0.1, -0.05) is 12.8 Å². The summed E-state index contributed by atoms with van der Waals surface area (Å²) >= 11 is 1.91. The van der Waals surface area contributed by atoms with E-state index in [0.717, 1.165) is 39.1 Å². The quantitative estimate of drug-likeness (QED) is 0.614. The van der Waals surface area contributed by atoms with Crippen molar-refractivity contribution < 1.29 is 4.79 Å². The predicted octanol–water partition coefficient (Wildman–Crippen LogP) is 0.931. The Morgan fingerprint density at radius 3 is 2.67 bits per heavy atom. The fourth-order valence-electron chi connectivity index (χ4n) is 2.08. The number of hydrogen-bond donors (Lipinski definition) is 2. The highest BCUT2D eigenvalue weighted by molar-refractivity contribution is 7.98. The molecule has 2 N–H and O–H groups in total. The van der Waals surface area contributed by atoms with Crippen molar-refractivity contribution in [2.75, 3.05) is 51.3 Å². The molecule has 1 aliphatic rings. The molecule has 4 nitrogen and oxygen atoms in total. The Balaban J connectivity index is 1.90. The van der Waals surface area contributed by atoms with Crippen LogP contribution in [0, 0.1) is 0 Å². The van der Waals surface area contributed by atoms with Crippen molar-refractivity contribution in [3.05, 3.63) is 0 Å². The van der Waals surface area contributed by atoms with Gasteiger partial charge in [0.25, 0.3) is 0 Å². The van der Waals surface area contributed by atoms with Crippen molar-refractivity contribution >= 4 is 17.7 Å². The number of carbonyl (C=O) groups is 1. The maximum absolute atomic E-state index is 11.7. The summed E-state index contributed by atoms with van der Waals surface area (Å²) in [5.74, 6) is 1.44. The molecular formula is C13H27N3OS. The van der Waals surface area contributed by atoms with Crippen LogP contribution < -0.4 is 10.6 Å². The van der Waals surface area contributed by atoms with Gasteiger partial charge in [0.2, 0.25) is 5.91 Å². The van der Waals surface area contributed by atoms with E-state index in [1.807, 2.05) is 11.8 Å². The maximum atomic E-state index is 11.7. The van der Waals surface area contributed by atoms with Gasteiger partial charge in [-0.25, -0.2) is 0 Å². The first kappa shape index (κ1) is 15.8. The van der Waals surface area contributed by atoms with Crippen LogP contribution in [0.1, 0.15) is 25.7 Å². The first-order chi connectivity index (χ1) is 8.83. The summed E-state index contributed by atoms with van der Waals surface area (Å²) in [5.41, 5.74) is 0. The van der Waals surface area contributed by atoms with Crippen molar-refractivity contribution in [3.63, 3.8) is 0 Å². The lowest BCUT2D eigenvalue weighted by molar-refractivity contribution is -0.122. The maximum Gasteiger partial charge on any atom is 0.234 e. The highest BCUT2D eigenvalue weighted by atomic mass is 32.2. The monoisotopic (exact) mass is 273 g/mol. The Kier molecular flexibility index (Phi) is 9.34. The number of hydrogen-bond acceptors (Lipinski definition) is 4. The van der Waals surface area contributed by atoms with Gasteiger partial charge in [-0.05, 0) is 24.9 Å². The molecule has 0 bridgehead atoms. The summed E-state index contributed by atoms with van der Waals surface area (Å²) in [7, 11) is 0. The molecule has 18 heavy (non-hydrogen) atoms. The minimum absolute atomic E-state index is 0.181. The Hall–Kier alpha value is -0.260. The third-order valence-electron chi connectivity index (χ3n) is 3.17. The summed E-state index contributed by atoms with van der Waals surface area (Å²) in [6.07, 6.45) is 7.08. The van der Waals surface area contributed by atoms with Crippen molar-refractivity contribution in [3.8, 4) is 0 Å². The van der Waals surface area contributed by atoms with Gasteiger partial charge in [-0.15, -0.1) is 0 Å². The number of piperazine rings is 1. The second-order valence-electron chi connectivity index (χ2n) is 4.78. The fourth-order valence-corrected chi connectivity index (χ4v) is 2.57. The molecule has 0 aromatic rings. The first-order valence-corrected chi connectivity index (χ1v) is 8.41. The number of thioether (sulfide) groups is 1. The Morgan fingerprint density at radius 1 is 1.22 bits per heavy atom. The van der Waals surface area contributed by atoms with E-state index in [0.29, 0.717) is 6.54 Å². The molecule has 1 fully saturated rings. The van der Waals surface area contributed by atoms with Gasteiger partial charge in [0.1, 0.15) is 0 Å². The minimum atomic E-state index is 0.181. The summed E-state index contributed by atoms with van der Waals surface area (Å²) in [6.45, 7) is 5.38. The molecule has 0 aromatic carbocycles. The van der Waals surface area contributed by atoms with Crippen LogP contribution >= 0.6 is 11.8 Å². The SMILES string of the molecule is CSCCCCCCNC(=O)CN1CCNCC1. The first-order valence-electron chi connectivity index (χ1n) is 7.01. The fraction of sp³-hybridized carbons (Fsp3) is 0.923. The second kappa shape index (κ2) is 10.6. The van der Waals surface area contributed by atoms with Crippen molar-refractivity contribution in [1.82, 2.24) is 15.5 Å². The van der Waals surface area contributed by atoms with Gasteiger partial charge < -0.3 is 10.6 Å². The Bertz CT molecular complexity index is 220. The van der Waals surface area contributed by atoms with E-state index in [4.69, 9.17) is 0 Å². The zero-order valence-corrected chi connectivity index (χ0v) is 12.4. The van der Waals surface area contributed by atoms with Crippen LogP contribution in [-0.4, -0.2) is 62.1 Å². The summed E-state index contributed by atoms with van der Waals surface area (Å²) in [6, 6.07) is 0. The molecule has 1 rings (SSSR count). The summed E-state index contributed by atoms with van der Waals surface area (Å²) in [5, 5.41) is 6.30. The molecule has 0 aliphatic carbocycles. The van der Waals surface area contributed by atoms with Crippen LogP contribution in [0.2, 0.25) is 0 Å². The zero-order valence-electron chi connectivity index (χ0n) is 11.5. The molecule has 1 amide bonds. The van der Waals surface area contributed by atoms with Gasteiger partial charge in [0.05, 0.1) is 6.54 Å².